The molecule has 176 valence electrons. The molecule has 0 bridgehead atoms. The average molecular weight is 481 g/mol. The lowest BCUT2D eigenvalue weighted by Gasteiger charge is -2.36. The van der Waals surface area contributed by atoms with Crippen LogP contribution in [0.25, 0.3) is 5.65 Å². The summed E-state index contributed by atoms with van der Waals surface area (Å²) in [6, 6.07) is 0.467. The monoisotopic (exact) mass is 480 g/mol. The Kier molecular flexibility index (Phi) is 6.21. The minimum absolute atomic E-state index is 0.00314. The first-order valence-corrected chi connectivity index (χ1v) is 10.6. The second kappa shape index (κ2) is 8.81. The van der Waals surface area contributed by atoms with E-state index in [1.165, 1.54) is 60.3 Å². The maximum atomic E-state index is 15.9. The molecule has 12 heteroatoms. The zero-order valence-electron chi connectivity index (χ0n) is 17.9. The van der Waals surface area contributed by atoms with Crippen LogP contribution in [0, 0.1) is 0 Å². The molecule has 4 rings (SSSR count). The number of carbonyl (C=O) groups is 1. The first-order chi connectivity index (χ1) is 15.6. The highest BCUT2D eigenvalue weighted by molar-refractivity contribution is 6.30. The fraction of sp³-hybridized carbons (Fsp3) is 0.429. The molecule has 0 saturated carbocycles. The van der Waals surface area contributed by atoms with Gasteiger partial charge in [-0.25, -0.2) is 18.3 Å². The second-order valence-electron chi connectivity index (χ2n) is 8.44. The maximum Gasteiger partial charge on any atom is 0.252 e. The lowest BCUT2D eigenvalue weighted by Crippen LogP contribution is -2.50. The Balaban J connectivity index is 1.71. The van der Waals surface area contributed by atoms with Crippen LogP contribution in [-0.4, -0.2) is 67.7 Å². The van der Waals surface area contributed by atoms with Gasteiger partial charge >= 0.3 is 0 Å². The van der Waals surface area contributed by atoms with Gasteiger partial charge in [-0.05, 0) is 19.9 Å². The highest BCUT2D eigenvalue weighted by atomic mass is 35.5. The first-order valence-electron chi connectivity index (χ1n) is 10.2. The van der Waals surface area contributed by atoms with E-state index in [2.05, 4.69) is 15.1 Å². The van der Waals surface area contributed by atoms with Crippen molar-refractivity contribution < 1.29 is 23.4 Å². The third kappa shape index (κ3) is 4.48. The summed E-state index contributed by atoms with van der Waals surface area (Å²) in [6.07, 6.45) is 2.58. The third-order valence-corrected chi connectivity index (χ3v) is 5.85. The number of hydrogen-bond donors (Lipinski definition) is 2. The molecule has 1 saturated heterocycles. The molecule has 1 aliphatic rings. The van der Waals surface area contributed by atoms with E-state index < -0.39 is 42.5 Å². The quantitative estimate of drug-likeness (QED) is 0.532. The van der Waals surface area contributed by atoms with Crippen molar-refractivity contribution in [3.05, 3.63) is 53.2 Å². The number of nitrogens with two attached hydrogens (primary N) is 1. The van der Waals surface area contributed by atoms with E-state index in [1.54, 1.807) is 0 Å². The van der Waals surface area contributed by atoms with Crippen molar-refractivity contribution in [1.82, 2.24) is 19.6 Å². The smallest absolute Gasteiger partial charge is 0.252 e. The van der Waals surface area contributed by atoms with Gasteiger partial charge in [0.05, 0.1) is 53.5 Å². The molecule has 3 aromatic heterocycles. The van der Waals surface area contributed by atoms with Gasteiger partial charge in [0.25, 0.3) is 5.91 Å². The lowest BCUT2D eigenvalue weighted by atomic mass is 9.99. The molecule has 0 aliphatic carbocycles. The van der Waals surface area contributed by atoms with Crippen LogP contribution in [-0.2, 0) is 4.74 Å². The van der Waals surface area contributed by atoms with Crippen molar-refractivity contribution >= 4 is 28.8 Å². The van der Waals surface area contributed by atoms with Gasteiger partial charge in [0.2, 0.25) is 0 Å². The molecule has 33 heavy (non-hydrogen) atoms. The van der Waals surface area contributed by atoms with Crippen molar-refractivity contribution in [1.29, 1.82) is 0 Å². The molecule has 0 aromatic carbocycles. The number of fused-ring (bicyclic) bond motifs is 1. The van der Waals surface area contributed by atoms with E-state index in [9.17, 15) is 14.3 Å². The summed E-state index contributed by atoms with van der Waals surface area (Å²) in [7, 11) is 0. The van der Waals surface area contributed by atoms with E-state index in [-0.39, 0.29) is 17.9 Å². The lowest BCUT2D eigenvalue weighted by molar-refractivity contribution is -0.000560. The minimum atomic E-state index is -1.77. The summed E-state index contributed by atoms with van der Waals surface area (Å²) >= 11 is 5.94. The largest absolute Gasteiger partial charge is 0.387 e. The summed E-state index contributed by atoms with van der Waals surface area (Å²) in [5.41, 5.74) is 4.76. The Bertz CT molecular complexity index is 1170. The predicted molar refractivity (Wildman–Crippen MR) is 117 cm³/mol. The van der Waals surface area contributed by atoms with Crippen LogP contribution in [0.5, 0.6) is 0 Å². The van der Waals surface area contributed by atoms with Crippen molar-refractivity contribution in [3.63, 3.8) is 0 Å². The van der Waals surface area contributed by atoms with Gasteiger partial charge in [0.1, 0.15) is 12.3 Å². The number of carbonyl (C=O) groups excluding carboxylic acids is 1. The molecular weight excluding hydrogens is 458 g/mol. The van der Waals surface area contributed by atoms with Crippen LogP contribution in [0.1, 0.15) is 35.9 Å². The van der Waals surface area contributed by atoms with Gasteiger partial charge in [-0.2, -0.15) is 5.10 Å². The molecule has 1 amide bonds. The molecule has 0 radical (unpaired) electrons. The van der Waals surface area contributed by atoms with E-state index >= 15 is 4.39 Å². The van der Waals surface area contributed by atoms with Crippen LogP contribution in [0.3, 0.4) is 0 Å². The highest BCUT2D eigenvalue weighted by Gasteiger charge is 2.45. The molecule has 4 atom stereocenters. The van der Waals surface area contributed by atoms with Crippen LogP contribution in [0.2, 0.25) is 5.02 Å². The summed E-state index contributed by atoms with van der Waals surface area (Å²) < 4.78 is 38.0. The SMILES string of the molecule is CC(C)(O)[C@H](F)CN(c1ccncc1C(N)=O)[C@@H]1COC(c2cnn3cc(Cl)cnc23)[C@H]1F. The van der Waals surface area contributed by atoms with Crippen LogP contribution in [0.4, 0.5) is 14.5 Å². The zero-order chi connectivity index (χ0) is 23.9. The maximum absolute atomic E-state index is 15.9. The number of nitrogens with zero attached hydrogens (tertiary/aromatic N) is 5. The fourth-order valence-corrected chi connectivity index (χ4v) is 3.96. The number of aromatic nitrogens is 4. The fourth-order valence-electron chi connectivity index (χ4n) is 3.82. The van der Waals surface area contributed by atoms with E-state index in [0.29, 0.717) is 16.2 Å². The van der Waals surface area contributed by atoms with Crippen LogP contribution >= 0.6 is 11.6 Å². The summed E-state index contributed by atoms with van der Waals surface area (Å²) in [5.74, 6) is -0.795. The summed E-state index contributed by atoms with van der Waals surface area (Å²) in [4.78, 5) is 21.5. The number of aliphatic hydroxyl groups is 1. The Morgan fingerprint density at radius 1 is 1.45 bits per heavy atom. The molecule has 3 aromatic rings. The normalized spacial score (nSPS) is 21.9. The van der Waals surface area contributed by atoms with Crippen LogP contribution in [0.15, 0.2) is 37.1 Å². The number of alkyl halides is 2. The summed E-state index contributed by atoms with van der Waals surface area (Å²) in [5, 5.41) is 14.7. The topological polar surface area (TPSA) is 119 Å². The number of hydrogen-bond acceptors (Lipinski definition) is 7. The van der Waals surface area contributed by atoms with Gasteiger partial charge in [0.15, 0.2) is 11.8 Å². The molecular formula is C21H23ClF2N6O3. The zero-order valence-corrected chi connectivity index (χ0v) is 18.7. The van der Waals surface area contributed by atoms with Crippen molar-refractivity contribution in [2.24, 2.45) is 5.73 Å². The molecule has 1 fully saturated rings. The van der Waals surface area contributed by atoms with E-state index in [1.807, 2.05) is 0 Å². The number of halogens is 3. The first kappa shape index (κ1) is 23.3. The van der Waals surface area contributed by atoms with Gasteiger partial charge in [-0.3, -0.25) is 9.78 Å². The van der Waals surface area contributed by atoms with Gasteiger partial charge < -0.3 is 20.5 Å². The second-order valence-corrected chi connectivity index (χ2v) is 8.87. The number of pyridine rings is 1. The Morgan fingerprint density at radius 3 is 2.91 bits per heavy atom. The highest BCUT2D eigenvalue weighted by Crippen LogP contribution is 2.38. The number of anilines is 1. The standard InChI is InChI=1S/C21H23ClF2N6O3/c1-21(2,32)16(23)9-29(14-3-4-26-6-12(14)19(25)31)15-10-33-18(17(15)24)13-7-28-30-8-11(22)5-27-20(13)30/h3-8,15-18,32H,9-10H2,1-2H3,(H2,25,31)/t15-,16-,17+,18?/m1/s1. The molecule has 1 aliphatic heterocycles. The van der Waals surface area contributed by atoms with Gasteiger partial charge in [-0.15, -0.1) is 0 Å². The average Bonchev–Trinajstić information content (AvgIpc) is 3.33. The predicted octanol–water partition coefficient (Wildman–Crippen LogP) is 2.27. The number of ether oxygens (including phenoxy) is 1. The number of rotatable bonds is 7. The van der Waals surface area contributed by atoms with Crippen molar-refractivity contribution in [3.8, 4) is 0 Å². The van der Waals surface area contributed by atoms with E-state index in [0.717, 1.165) is 0 Å². The van der Waals surface area contributed by atoms with Crippen molar-refractivity contribution in [2.45, 2.75) is 43.9 Å². The van der Waals surface area contributed by atoms with Gasteiger partial charge in [-0.1, -0.05) is 11.6 Å². The minimum Gasteiger partial charge on any atom is -0.387 e. The van der Waals surface area contributed by atoms with E-state index in [4.69, 9.17) is 22.1 Å². The van der Waals surface area contributed by atoms with Crippen LogP contribution < -0.4 is 10.6 Å². The molecule has 4 heterocycles. The number of primary amides is 1. The molecule has 9 nitrogen and oxygen atoms in total. The summed E-state index contributed by atoms with van der Waals surface area (Å²) in [6.45, 7) is 2.11. The molecule has 3 N–H and O–H groups in total. The molecule has 0 spiro atoms. The third-order valence-electron chi connectivity index (χ3n) is 5.66. The Hall–Kier alpha value is -2.89. The Morgan fingerprint density at radius 2 is 2.21 bits per heavy atom. The Labute approximate surface area is 193 Å². The molecule has 1 unspecified atom stereocenters. The number of amides is 1. The van der Waals surface area contributed by atoms with Crippen molar-refractivity contribution in [2.75, 3.05) is 18.1 Å². The van der Waals surface area contributed by atoms with Gasteiger partial charge in [0, 0.05) is 24.2 Å².